The van der Waals surface area contributed by atoms with Gasteiger partial charge in [0.05, 0.1) is 0 Å². The third-order valence-corrected chi connectivity index (χ3v) is 3.97. The molecule has 0 radical (unpaired) electrons. The molecule has 0 heterocycles. The van der Waals surface area contributed by atoms with Crippen molar-refractivity contribution in [1.29, 1.82) is 0 Å². The lowest BCUT2D eigenvalue weighted by Crippen LogP contribution is -2.20. The molecule has 1 N–H and O–H groups in total. The standard InChI is InChI=1S/C17H18Cl2FN/c1-3-8-21-11(2)14-6-5-13(20)10-15(14)16-9-12(18)4-7-17(16)19/h4-7,9-11,21H,3,8H2,1-2H3. The van der Waals surface area contributed by atoms with Crippen LogP contribution in [-0.2, 0) is 0 Å². The van der Waals surface area contributed by atoms with E-state index in [4.69, 9.17) is 23.2 Å². The number of nitrogens with one attached hydrogen (secondary N) is 1. The monoisotopic (exact) mass is 325 g/mol. The zero-order chi connectivity index (χ0) is 15.4. The molecule has 2 rings (SSSR count). The average molecular weight is 326 g/mol. The van der Waals surface area contributed by atoms with Crippen LogP contribution in [0.2, 0.25) is 10.0 Å². The first-order valence-corrected chi connectivity index (χ1v) is 7.76. The highest BCUT2D eigenvalue weighted by Crippen LogP contribution is 2.35. The van der Waals surface area contributed by atoms with Crippen molar-refractivity contribution in [3.05, 3.63) is 57.8 Å². The van der Waals surface area contributed by atoms with Gasteiger partial charge < -0.3 is 5.32 Å². The van der Waals surface area contributed by atoms with Gasteiger partial charge in [0.15, 0.2) is 0 Å². The minimum atomic E-state index is -0.285. The van der Waals surface area contributed by atoms with Crippen molar-refractivity contribution in [3.63, 3.8) is 0 Å². The van der Waals surface area contributed by atoms with Crippen molar-refractivity contribution < 1.29 is 4.39 Å². The third kappa shape index (κ3) is 3.97. The fourth-order valence-corrected chi connectivity index (χ4v) is 2.71. The van der Waals surface area contributed by atoms with E-state index in [0.717, 1.165) is 29.7 Å². The molecule has 0 fully saturated rings. The van der Waals surface area contributed by atoms with E-state index in [2.05, 4.69) is 19.2 Å². The number of benzene rings is 2. The number of hydrogen-bond acceptors (Lipinski definition) is 1. The quantitative estimate of drug-likeness (QED) is 0.725. The second-order valence-corrected chi connectivity index (χ2v) is 5.88. The molecule has 0 bridgehead atoms. The highest BCUT2D eigenvalue weighted by molar-refractivity contribution is 6.35. The Morgan fingerprint density at radius 1 is 1.10 bits per heavy atom. The zero-order valence-corrected chi connectivity index (χ0v) is 13.6. The first-order valence-electron chi connectivity index (χ1n) is 7.01. The lowest BCUT2D eigenvalue weighted by atomic mass is 9.95. The van der Waals surface area contributed by atoms with E-state index >= 15 is 0 Å². The lowest BCUT2D eigenvalue weighted by Gasteiger charge is -2.19. The van der Waals surface area contributed by atoms with Crippen LogP contribution in [-0.4, -0.2) is 6.54 Å². The van der Waals surface area contributed by atoms with Gasteiger partial charge >= 0.3 is 0 Å². The van der Waals surface area contributed by atoms with Gasteiger partial charge in [0, 0.05) is 21.7 Å². The Labute approximate surface area is 135 Å². The van der Waals surface area contributed by atoms with E-state index < -0.39 is 0 Å². The maximum absolute atomic E-state index is 13.7. The summed E-state index contributed by atoms with van der Waals surface area (Å²) in [5.74, 6) is -0.285. The smallest absolute Gasteiger partial charge is 0.123 e. The molecular weight excluding hydrogens is 308 g/mol. The number of hydrogen-bond donors (Lipinski definition) is 1. The van der Waals surface area contributed by atoms with Gasteiger partial charge in [-0.3, -0.25) is 0 Å². The van der Waals surface area contributed by atoms with Gasteiger partial charge in [-0.2, -0.15) is 0 Å². The summed E-state index contributed by atoms with van der Waals surface area (Å²) in [6.07, 6.45) is 1.04. The molecule has 4 heteroatoms. The highest BCUT2D eigenvalue weighted by atomic mass is 35.5. The van der Waals surface area contributed by atoms with Crippen LogP contribution in [0.5, 0.6) is 0 Å². The van der Waals surface area contributed by atoms with Gasteiger partial charge in [-0.1, -0.05) is 36.2 Å². The molecule has 21 heavy (non-hydrogen) atoms. The summed E-state index contributed by atoms with van der Waals surface area (Å²) in [6.45, 7) is 5.07. The van der Waals surface area contributed by atoms with Gasteiger partial charge in [-0.05, 0) is 61.3 Å². The molecule has 0 saturated heterocycles. The molecule has 0 aliphatic carbocycles. The van der Waals surface area contributed by atoms with Crippen molar-refractivity contribution in [2.75, 3.05) is 6.54 Å². The minimum absolute atomic E-state index is 0.107. The Kier molecular flexibility index (Phi) is 5.63. The Bertz CT molecular complexity index is 628. The molecule has 0 aliphatic rings. The molecule has 1 nitrogen and oxygen atoms in total. The molecular formula is C17H18Cl2FN. The molecule has 2 aromatic rings. The van der Waals surface area contributed by atoms with E-state index in [9.17, 15) is 4.39 Å². The van der Waals surface area contributed by atoms with Crippen molar-refractivity contribution >= 4 is 23.2 Å². The normalized spacial score (nSPS) is 12.4. The van der Waals surface area contributed by atoms with Crippen molar-refractivity contribution in [2.45, 2.75) is 26.3 Å². The first-order chi connectivity index (χ1) is 10.0. The Hall–Kier alpha value is -1.09. The van der Waals surface area contributed by atoms with Crippen LogP contribution in [0, 0.1) is 5.82 Å². The molecule has 0 amide bonds. The predicted octanol–water partition coefficient (Wildman–Crippen LogP) is 5.86. The zero-order valence-electron chi connectivity index (χ0n) is 12.1. The van der Waals surface area contributed by atoms with E-state index in [1.54, 1.807) is 24.3 Å². The van der Waals surface area contributed by atoms with Crippen LogP contribution in [0.1, 0.15) is 31.9 Å². The maximum Gasteiger partial charge on any atom is 0.123 e. The van der Waals surface area contributed by atoms with Crippen molar-refractivity contribution in [2.24, 2.45) is 0 Å². The van der Waals surface area contributed by atoms with Gasteiger partial charge in [-0.15, -0.1) is 0 Å². The topological polar surface area (TPSA) is 12.0 Å². The average Bonchev–Trinajstić information content (AvgIpc) is 2.47. The summed E-state index contributed by atoms with van der Waals surface area (Å²) in [5, 5.41) is 4.56. The second kappa shape index (κ2) is 7.26. The Morgan fingerprint density at radius 3 is 2.57 bits per heavy atom. The van der Waals surface area contributed by atoms with E-state index in [-0.39, 0.29) is 11.9 Å². The molecule has 0 spiro atoms. The third-order valence-electron chi connectivity index (χ3n) is 3.40. The number of halogens is 3. The summed E-state index contributed by atoms with van der Waals surface area (Å²) in [7, 11) is 0. The van der Waals surface area contributed by atoms with Crippen LogP contribution >= 0.6 is 23.2 Å². The predicted molar refractivity (Wildman–Crippen MR) is 88.6 cm³/mol. The lowest BCUT2D eigenvalue weighted by molar-refractivity contribution is 0.569. The summed E-state index contributed by atoms with van der Waals surface area (Å²) >= 11 is 12.3. The SMILES string of the molecule is CCCNC(C)c1ccc(F)cc1-c1cc(Cl)ccc1Cl. The van der Waals surface area contributed by atoms with Crippen LogP contribution in [0.4, 0.5) is 4.39 Å². The Morgan fingerprint density at radius 2 is 1.86 bits per heavy atom. The maximum atomic E-state index is 13.7. The fourth-order valence-electron chi connectivity index (χ4n) is 2.31. The summed E-state index contributed by atoms with van der Waals surface area (Å²) < 4.78 is 13.7. The molecule has 1 unspecified atom stereocenters. The van der Waals surface area contributed by atoms with Crippen LogP contribution in [0.3, 0.4) is 0 Å². The molecule has 0 aliphatic heterocycles. The molecule has 112 valence electrons. The summed E-state index contributed by atoms with van der Waals surface area (Å²) in [5.41, 5.74) is 2.54. The van der Waals surface area contributed by atoms with Crippen LogP contribution in [0.15, 0.2) is 36.4 Å². The van der Waals surface area contributed by atoms with E-state index in [1.807, 2.05) is 0 Å². The molecule has 2 aromatic carbocycles. The Balaban J connectivity index is 2.51. The first kappa shape index (κ1) is 16.3. The number of rotatable bonds is 5. The van der Waals surface area contributed by atoms with E-state index in [0.29, 0.717) is 10.0 Å². The van der Waals surface area contributed by atoms with Gasteiger partial charge in [0.2, 0.25) is 0 Å². The molecule has 1 atom stereocenters. The molecule has 0 saturated carbocycles. The van der Waals surface area contributed by atoms with Crippen LogP contribution in [0.25, 0.3) is 11.1 Å². The second-order valence-electron chi connectivity index (χ2n) is 5.03. The minimum Gasteiger partial charge on any atom is -0.310 e. The highest BCUT2D eigenvalue weighted by Gasteiger charge is 2.15. The van der Waals surface area contributed by atoms with Crippen molar-refractivity contribution in [3.8, 4) is 11.1 Å². The molecule has 0 aromatic heterocycles. The van der Waals surface area contributed by atoms with Crippen LogP contribution < -0.4 is 5.32 Å². The van der Waals surface area contributed by atoms with Gasteiger partial charge in [0.1, 0.15) is 5.82 Å². The summed E-state index contributed by atoms with van der Waals surface area (Å²) in [6, 6.07) is 10.1. The van der Waals surface area contributed by atoms with Crippen molar-refractivity contribution in [1.82, 2.24) is 5.32 Å². The van der Waals surface area contributed by atoms with Gasteiger partial charge in [-0.25, -0.2) is 4.39 Å². The van der Waals surface area contributed by atoms with Gasteiger partial charge in [0.25, 0.3) is 0 Å². The summed E-state index contributed by atoms with van der Waals surface area (Å²) in [4.78, 5) is 0. The fraction of sp³-hybridized carbons (Fsp3) is 0.294. The largest absolute Gasteiger partial charge is 0.310 e. The van der Waals surface area contributed by atoms with E-state index in [1.165, 1.54) is 12.1 Å².